The molecule has 6 heteroatoms. The molecule has 0 amide bonds. The Kier molecular flexibility index (Phi) is 7.31. The zero-order valence-corrected chi connectivity index (χ0v) is 17.0. The first kappa shape index (κ1) is 19.3. The molecule has 0 bridgehead atoms. The van der Waals surface area contributed by atoms with E-state index in [1.165, 1.54) is 56.7 Å². The predicted octanol–water partition coefficient (Wildman–Crippen LogP) is 2.28. The highest BCUT2D eigenvalue weighted by Gasteiger charge is 2.40. The predicted molar refractivity (Wildman–Crippen MR) is 108 cm³/mol. The third-order valence-corrected chi connectivity index (χ3v) is 6.93. The molecule has 0 radical (unpaired) electrons. The van der Waals surface area contributed by atoms with Crippen molar-refractivity contribution in [2.45, 2.75) is 44.6 Å². The van der Waals surface area contributed by atoms with Crippen LogP contribution in [0.4, 0.5) is 0 Å². The minimum Gasteiger partial charge on any atom is -0.381 e. The Morgan fingerprint density at radius 2 is 2.08 bits per heavy atom. The van der Waals surface area contributed by atoms with E-state index in [4.69, 9.17) is 9.73 Å². The van der Waals surface area contributed by atoms with Crippen LogP contribution in [0, 0.1) is 5.92 Å². The summed E-state index contributed by atoms with van der Waals surface area (Å²) >= 11 is 2.10. The molecule has 1 aliphatic carbocycles. The molecular weight excluding hydrogens is 332 g/mol. The Morgan fingerprint density at radius 3 is 2.72 bits per heavy atom. The average molecular weight is 369 g/mol. The second-order valence-corrected chi connectivity index (χ2v) is 9.04. The van der Waals surface area contributed by atoms with Crippen LogP contribution < -0.4 is 5.32 Å². The number of guanidine groups is 1. The van der Waals surface area contributed by atoms with Gasteiger partial charge in [-0.1, -0.05) is 12.8 Å². The molecule has 0 spiro atoms. The standard InChI is InChI=1S/C19H36N4OS/c1-3-20-18(22(2)14-17-6-11-24-15-17)21-16-19(7-4-5-8-19)23-9-12-25-13-10-23/h17H,3-16H2,1-2H3,(H,20,21). The monoisotopic (exact) mass is 368 g/mol. The van der Waals surface area contributed by atoms with Crippen LogP contribution in [0.2, 0.25) is 0 Å². The summed E-state index contributed by atoms with van der Waals surface area (Å²) in [6.45, 7) is 9.39. The van der Waals surface area contributed by atoms with E-state index in [0.29, 0.717) is 11.5 Å². The molecule has 0 aromatic heterocycles. The Hall–Kier alpha value is -0.460. The fourth-order valence-electron chi connectivity index (χ4n) is 4.54. The summed E-state index contributed by atoms with van der Waals surface area (Å²) in [5, 5.41) is 3.51. The quantitative estimate of drug-likeness (QED) is 0.575. The molecular formula is C19H36N4OS. The second-order valence-electron chi connectivity index (χ2n) is 7.81. The van der Waals surface area contributed by atoms with Crippen molar-refractivity contribution in [3.8, 4) is 0 Å². The van der Waals surface area contributed by atoms with Gasteiger partial charge in [0.25, 0.3) is 0 Å². The minimum absolute atomic E-state index is 0.318. The highest BCUT2D eigenvalue weighted by atomic mass is 32.2. The van der Waals surface area contributed by atoms with Crippen molar-refractivity contribution in [2.24, 2.45) is 10.9 Å². The molecule has 3 fully saturated rings. The van der Waals surface area contributed by atoms with Crippen molar-refractivity contribution < 1.29 is 4.74 Å². The summed E-state index contributed by atoms with van der Waals surface area (Å²) in [5.41, 5.74) is 0.318. The molecule has 2 aliphatic heterocycles. The second kappa shape index (κ2) is 9.47. The molecule has 144 valence electrons. The zero-order valence-electron chi connectivity index (χ0n) is 16.1. The van der Waals surface area contributed by atoms with E-state index in [2.05, 4.69) is 40.8 Å². The van der Waals surface area contributed by atoms with Gasteiger partial charge in [-0.05, 0) is 26.2 Å². The Bertz CT molecular complexity index is 427. The number of nitrogens with zero attached hydrogens (tertiary/aromatic N) is 3. The number of ether oxygens (including phenoxy) is 1. The van der Waals surface area contributed by atoms with Gasteiger partial charge in [-0.2, -0.15) is 11.8 Å². The molecule has 2 saturated heterocycles. The summed E-state index contributed by atoms with van der Waals surface area (Å²) in [6.07, 6.45) is 6.55. The first-order valence-electron chi connectivity index (χ1n) is 10.1. The van der Waals surface area contributed by atoms with E-state index in [9.17, 15) is 0 Å². The molecule has 0 aromatic carbocycles. The van der Waals surface area contributed by atoms with Gasteiger partial charge in [0.15, 0.2) is 5.96 Å². The number of thioether (sulfide) groups is 1. The van der Waals surface area contributed by atoms with Gasteiger partial charge in [-0.25, -0.2) is 0 Å². The zero-order chi connectivity index (χ0) is 17.5. The largest absolute Gasteiger partial charge is 0.381 e. The molecule has 0 aromatic rings. The minimum atomic E-state index is 0.318. The SMILES string of the molecule is CCNC(=NCC1(N2CCSCC2)CCCC1)N(C)CC1CCOC1. The Labute approximate surface area is 157 Å². The van der Waals surface area contributed by atoms with Crippen LogP contribution in [-0.4, -0.2) is 85.8 Å². The van der Waals surface area contributed by atoms with Crippen LogP contribution in [0.3, 0.4) is 0 Å². The van der Waals surface area contributed by atoms with Gasteiger partial charge in [-0.3, -0.25) is 9.89 Å². The molecule has 1 atom stereocenters. The fraction of sp³-hybridized carbons (Fsp3) is 0.947. The number of hydrogen-bond donors (Lipinski definition) is 1. The summed E-state index contributed by atoms with van der Waals surface area (Å²) in [7, 11) is 2.18. The summed E-state index contributed by atoms with van der Waals surface area (Å²) in [6, 6.07) is 0. The molecule has 1 unspecified atom stereocenters. The van der Waals surface area contributed by atoms with Crippen LogP contribution >= 0.6 is 11.8 Å². The van der Waals surface area contributed by atoms with Gasteiger partial charge in [0, 0.05) is 62.8 Å². The highest BCUT2D eigenvalue weighted by molar-refractivity contribution is 7.99. The molecule has 1 N–H and O–H groups in total. The third-order valence-electron chi connectivity index (χ3n) is 5.99. The van der Waals surface area contributed by atoms with Gasteiger partial charge >= 0.3 is 0 Å². The normalized spacial score (nSPS) is 27.6. The van der Waals surface area contributed by atoms with Gasteiger partial charge < -0.3 is 15.0 Å². The van der Waals surface area contributed by atoms with Crippen LogP contribution in [0.25, 0.3) is 0 Å². The molecule has 2 heterocycles. The molecule has 3 rings (SSSR count). The molecule has 25 heavy (non-hydrogen) atoms. The van der Waals surface area contributed by atoms with Gasteiger partial charge in [0.05, 0.1) is 13.2 Å². The van der Waals surface area contributed by atoms with E-state index in [1.807, 2.05) is 0 Å². The topological polar surface area (TPSA) is 40.1 Å². The Morgan fingerprint density at radius 1 is 1.32 bits per heavy atom. The van der Waals surface area contributed by atoms with Crippen LogP contribution in [0.15, 0.2) is 4.99 Å². The van der Waals surface area contributed by atoms with Crippen LogP contribution in [0.5, 0.6) is 0 Å². The van der Waals surface area contributed by atoms with Crippen molar-refractivity contribution in [2.75, 3.05) is 64.5 Å². The lowest BCUT2D eigenvalue weighted by molar-refractivity contribution is 0.112. The van der Waals surface area contributed by atoms with Gasteiger partial charge in [-0.15, -0.1) is 0 Å². The maximum Gasteiger partial charge on any atom is 0.193 e. The summed E-state index contributed by atoms with van der Waals surface area (Å²) in [4.78, 5) is 10.2. The van der Waals surface area contributed by atoms with Gasteiger partial charge in [0.2, 0.25) is 0 Å². The van der Waals surface area contributed by atoms with Crippen LogP contribution in [-0.2, 0) is 4.74 Å². The fourth-order valence-corrected chi connectivity index (χ4v) is 5.44. The van der Waals surface area contributed by atoms with Crippen molar-refractivity contribution >= 4 is 17.7 Å². The van der Waals surface area contributed by atoms with Crippen LogP contribution in [0.1, 0.15) is 39.0 Å². The van der Waals surface area contributed by atoms with E-state index in [-0.39, 0.29) is 0 Å². The first-order chi connectivity index (χ1) is 12.2. The smallest absolute Gasteiger partial charge is 0.193 e. The van der Waals surface area contributed by atoms with Gasteiger partial charge in [0.1, 0.15) is 0 Å². The third kappa shape index (κ3) is 5.04. The van der Waals surface area contributed by atoms with Crippen molar-refractivity contribution in [3.05, 3.63) is 0 Å². The maximum atomic E-state index is 5.54. The van der Waals surface area contributed by atoms with Crippen molar-refractivity contribution in [1.29, 1.82) is 0 Å². The Balaban J connectivity index is 1.65. The van der Waals surface area contributed by atoms with Crippen molar-refractivity contribution in [1.82, 2.24) is 15.1 Å². The molecule has 1 saturated carbocycles. The van der Waals surface area contributed by atoms with E-state index in [0.717, 1.165) is 38.8 Å². The van der Waals surface area contributed by atoms with Crippen molar-refractivity contribution in [3.63, 3.8) is 0 Å². The number of hydrogen-bond acceptors (Lipinski definition) is 4. The lowest BCUT2D eigenvalue weighted by Crippen LogP contribution is -2.53. The number of rotatable bonds is 6. The average Bonchev–Trinajstić information content (AvgIpc) is 3.32. The first-order valence-corrected chi connectivity index (χ1v) is 11.3. The lowest BCUT2D eigenvalue weighted by Gasteiger charge is -2.42. The highest BCUT2D eigenvalue weighted by Crippen LogP contribution is 2.37. The lowest BCUT2D eigenvalue weighted by atomic mass is 9.95. The number of aliphatic imine (C=N–C) groups is 1. The van der Waals surface area contributed by atoms with E-state index in [1.54, 1.807) is 0 Å². The molecule has 3 aliphatic rings. The maximum absolute atomic E-state index is 5.54. The van der Waals surface area contributed by atoms with E-state index >= 15 is 0 Å². The molecule has 5 nitrogen and oxygen atoms in total. The van der Waals surface area contributed by atoms with E-state index < -0.39 is 0 Å². The number of nitrogens with one attached hydrogen (secondary N) is 1. The summed E-state index contributed by atoms with van der Waals surface area (Å²) < 4.78 is 5.54. The summed E-state index contributed by atoms with van der Waals surface area (Å²) in [5.74, 6) is 4.29.